The molecule has 27 heavy (non-hydrogen) atoms. The normalized spacial score (nSPS) is 10.9. The maximum Gasteiger partial charge on any atom is 0.335 e. The van der Waals surface area contributed by atoms with Crippen molar-refractivity contribution >= 4 is 22.9 Å². The van der Waals surface area contributed by atoms with Gasteiger partial charge in [0.05, 0.1) is 23.1 Å². The molecule has 1 heterocycles. The van der Waals surface area contributed by atoms with Crippen molar-refractivity contribution in [2.75, 3.05) is 13.7 Å². The number of hydrogen-bond donors (Lipinski definition) is 2. The number of halogens is 1. The van der Waals surface area contributed by atoms with Crippen LogP contribution in [0, 0.1) is 5.82 Å². The number of ether oxygens (including phenoxy) is 1. The number of fused-ring (bicyclic) bond motifs is 1. The molecule has 3 rings (SSSR count). The molecule has 0 radical (unpaired) electrons. The number of nitrogens with one attached hydrogen (secondary N) is 1. The number of aromatic carboxylic acids is 1. The van der Waals surface area contributed by atoms with Gasteiger partial charge in [-0.1, -0.05) is 12.1 Å². The molecule has 140 valence electrons. The van der Waals surface area contributed by atoms with Gasteiger partial charge in [0, 0.05) is 13.7 Å². The van der Waals surface area contributed by atoms with E-state index in [0.717, 1.165) is 11.1 Å². The molecule has 7 nitrogen and oxygen atoms in total. The Labute approximate surface area is 154 Å². The highest BCUT2D eigenvalue weighted by Crippen LogP contribution is 2.20. The van der Waals surface area contributed by atoms with E-state index in [1.165, 1.54) is 31.4 Å². The molecule has 0 aliphatic carbocycles. The molecule has 2 N–H and O–H groups in total. The van der Waals surface area contributed by atoms with Crippen molar-refractivity contribution in [3.05, 3.63) is 65.2 Å². The predicted molar refractivity (Wildman–Crippen MR) is 95.9 cm³/mol. The van der Waals surface area contributed by atoms with Gasteiger partial charge < -0.3 is 19.7 Å². The van der Waals surface area contributed by atoms with E-state index in [0.29, 0.717) is 17.9 Å². The highest BCUT2D eigenvalue weighted by atomic mass is 19.1. The van der Waals surface area contributed by atoms with E-state index < -0.39 is 5.97 Å². The lowest BCUT2D eigenvalue weighted by atomic mass is 10.2. The minimum atomic E-state index is -1.04. The Balaban J connectivity index is 1.98. The second kappa shape index (κ2) is 7.96. The van der Waals surface area contributed by atoms with Crippen LogP contribution in [0.2, 0.25) is 0 Å². The Morgan fingerprint density at radius 1 is 1.22 bits per heavy atom. The molecule has 8 heteroatoms. The number of benzene rings is 2. The molecule has 0 fully saturated rings. The summed E-state index contributed by atoms with van der Waals surface area (Å²) >= 11 is 0. The van der Waals surface area contributed by atoms with Crippen molar-refractivity contribution in [1.29, 1.82) is 0 Å². The number of rotatable bonds is 7. The fourth-order valence-corrected chi connectivity index (χ4v) is 2.76. The Bertz CT molecular complexity index is 983. The van der Waals surface area contributed by atoms with Gasteiger partial charge in [-0.2, -0.15) is 0 Å². The third-order valence-electron chi connectivity index (χ3n) is 4.05. The van der Waals surface area contributed by atoms with E-state index in [1.807, 2.05) is 4.57 Å². The Morgan fingerprint density at radius 3 is 2.63 bits per heavy atom. The summed E-state index contributed by atoms with van der Waals surface area (Å²) in [5.41, 5.74) is 2.21. The molecule has 0 bridgehead atoms. The lowest BCUT2D eigenvalue weighted by Gasteiger charge is -2.10. The van der Waals surface area contributed by atoms with Gasteiger partial charge in [-0.15, -0.1) is 0 Å². The molecular formula is C19H18FN3O4. The molecule has 0 spiro atoms. The van der Waals surface area contributed by atoms with Crippen LogP contribution in [-0.4, -0.2) is 40.3 Å². The number of carboxylic acid groups (broad SMARTS) is 1. The first-order valence-electron chi connectivity index (χ1n) is 8.20. The van der Waals surface area contributed by atoms with Crippen molar-refractivity contribution in [2.24, 2.45) is 0 Å². The first kappa shape index (κ1) is 18.5. The summed E-state index contributed by atoms with van der Waals surface area (Å²) < 4.78 is 19.8. The van der Waals surface area contributed by atoms with Crippen LogP contribution in [0.25, 0.3) is 11.0 Å². The summed E-state index contributed by atoms with van der Waals surface area (Å²) in [5, 5.41) is 11.9. The predicted octanol–water partition coefficient (Wildman–Crippen LogP) is 2.18. The van der Waals surface area contributed by atoms with Crippen LogP contribution in [-0.2, 0) is 22.6 Å². The molecule has 1 aromatic heterocycles. The van der Waals surface area contributed by atoms with Gasteiger partial charge in [0.1, 0.15) is 18.2 Å². The van der Waals surface area contributed by atoms with Gasteiger partial charge in [0.15, 0.2) is 0 Å². The third-order valence-corrected chi connectivity index (χ3v) is 4.05. The lowest BCUT2D eigenvalue weighted by molar-refractivity contribution is -0.124. The van der Waals surface area contributed by atoms with E-state index in [-0.39, 0.29) is 30.4 Å². The molecule has 1 amide bonds. The minimum Gasteiger partial charge on any atom is -0.478 e. The van der Waals surface area contributed by atoms with Gasteiger partial charge in [-0.05, 0) is 35.9 Å². The Morgan fingerprint density at radius 2 is 1.96 bits per heavy atom. The average Bonchev–Trinajstić information content (AvgIpc) is 2.99. The summed E-state index contributed by atoms with van der Waals surface area (Å²) in [7, 11) is 1.43. The zero-order chi connectivity index (χ0) is 19.4. The molecule has 0 saturated heterocycles. The van der Waals surface area contributed by atoms with Crippen LogP contribution in [0.15, 0.2) is 42.5 Å². The smallest absolute Gasteiger partial charge is 0.335 e. The first-order valence-corrected chi connectivity index (χ1v) is 8.20. The van der Waals surface area contributed by atoms with Crippen molar-refractivity contribution in [1.82, 2.24) is 14.9 Å². The number of carboxylic acids is 1. The van der Waals surface area contributed by atoms with Gasteiger partial charge >= 0.3 is 5.97 Å². The summed E-state index contributed by atoms with van der Waals surface area (Å²) in [5.74, 6) is -1.10. The largest absolute Gasteiger partial charge is 0.478 e. The molecule has 0 saturated carbocycles. The molecular weight excluding hydrogens is 353 g/mol. The van der Waals surface area contributed by atoms with Crippen molar-refractivity contribution < 1.29 is 23.8 Å². The number of imidazole rings is 1. The van der Waals surface area contributed by atoms with Crippen LogP contribution >= 0.6 is 0 Å². The number of methoxy groups -OCH3 is 1. The van der Waals surface area contributed by atoms with E-state index in [4.69, 9.17) is 4.74 Å². The summed E-state index contributed by atoms with van der Waals surface area (Å²) in [6, 6.07) is 10.7. The Hall–Kier alpha value is -3.26. The molecule has 2 aromatic carbocycles. The van der Waals surface area contributed by atoms with Gasteiger partial charge in [0.2, 0.25) is 5.91 Å². The summed E-state index contributed by atoms with van der Waals surface area (Å²) in [6.07, 6.45) is 0. The topological polar surface area (TPSA) is 93.4 Å². The van der Waals surface area contributed by atoms with Crippen molar-refractivity contribution in [3.63, 3.8) is 0 Å². The highest BCUT2D eigenvalue weighted by Gasteiger charge is 2.14. The highest BCUT2D eigenvalue weighted by molar-refractivity contribution is 5.92. The molecule has 0 unspecified atom stereocenters. The fraction of sp³-hybridized carbons (Fsp3) is 0.211. The number of nitrogens with zero attached hydrogens (tertiary/aromatic N) is 2. The second-order valence-electron chi connectivity index (χ2n) is 5.96. The van der Waals surface area contributed by atoms with E-state index in [1.54, 1.807) is 18.2 Å². The fourth-order valence-electron chi connectivity index (χ4n) is 2.76. The molecule has 0 atom stereocenters. The number of carbonyl (C=O) groups is 2. The van der Waals surface area contributed by atoms with Crippen LogP contribution in [0.5, 0.6) is 0 Å². The average molecular weight is 371 g/mol. The van der Waals surface area contributed by atoms with Crippen molar-refractivity contribution in [3.8, 4) is 0 Å². The van der Waals surface area contributed by atoms with Crippen LogP contribution in [0.3, 0.4) is 0 Å². The third kappa shape index (κ3) is 4.29. The second-order valence-corrected chi connectivity index (χ2v) is 5.96. The number of hydrogen-bond acceptors (Lipinski definition) is 4. The van der Waals surface area contributed by atoms with Crippen LogP contribution in [0.4, 0.5) is 4.39 Å². The molecule has 0 aliphatic rings. The van der Waals surface area contributed by atoms with Gasteiger partial charge in [-0.25, -0.2) is 14.2 Å². The summed E-state index contributed by atoms with van der Waals surface area (Å²) in [4.78, 5) is 27.4. The SMILES string of the molecule is COCC(=O)NCc1nc2cc(C(=O)O)ccc2n1Cc1ccc(F)cc1. The Kier molecular flexibility index (Phi) is 5.46. The molecule has 3 aromatic rings. The number of amides is 1. The monoisotopic (exact) mass is 371 g/mol. The minimum absolute atomic E-state index is 0.0681. The van der Waals surface area contributed by atoms with E-state index >= 15 is 0 Å². The lowest BCUT2D eigenvalue weighted by Crippen LogP contribution is -2.28. The van der Waals surface area contributed by atoms with E-state index in [2.05, 4.69) is 10.3 Å². The zero-order valence-corrected chi connectivity index (χ0v) is 14.6. The summed E-state index contributed by atoms with van der Waals surface area (Å²) in [6.45, 7) is 0.487. The maximum atomic E-state index is 13.2. The standard InChI is InChI=1S/C19H18FN3O4/c1-27-11-18(24)21-9-17-22-15-8-13(19(25)26)4-7-16(15)23(17)10-12-2-5-14(20)6-3-12/h2-8H,9-11H2,1H3,(H,21,24)(H,25,26). The zero-order valence-electron chi connectivity index (χ0n) is 14.6. The quantitative estimate of drug-likeness (QED) is 0.664. The van der Waals surface area contributed by atoms with Crippen molar-refractivity contribution in [2.45, 2.75) is 13.1 Å². The van der Waals surface area contributed by atoms with Crippen LogP contribution in [0.1, 0.15) is 21.7 Å². The van der Waals surface area contributed by atoms with Gasteiger partial charge in [0.25, 0.3) is 0 Å². The molecule has 0 aliphatic heterocycles. The number of carbonyl (C=O) groups excluding carboxylic acids is 1. The van der Waals surface area contributed by atoms with E-state index in [9.17, 15) is 19.1 Å². The van der Waals surface area contributed by atoms with Crippen LogP contribution < -0.4 is 5.32 Å². The number of aromatic nitrogens is 2. The van der Waals surface area contributed by atoms with Gasteiger partial charge in [-0.3, -0.25) is 4.79 Å². The maximum absolute atomic E-state index is 13.2. The first-order chi connectivity index (χ1) is 13.0.